The van der Waals surface area contributed by atoms with Gasteiger partial charge in [-0.25, -0.2) is 4.39 Å². The summed E-state index contributed by atoms with van der Waals surface area (Å²) in [4.78, 5) is 16.8. The first kappa shape index (κ1) is 24.9. The minimum absolute atomic E-state index is 0.0484. The van der Waals surface area contributed by atoms with Gasteiger partial charge in [0, 0.05) is 51.4 Å². The number of aromatic nitrogens is 2. The fourth-order valence-corrected chi connectivity index (χ4v) is 4.09. The Labute approximate surface area is 212 Å². The van der Waals surface area contributed by atoms with Crippen molar-refractivity contribution in [3.63, 3.8) is 0 Å². The van der Waals surface area contributed by atoms with E-state index in [-0.39, 0.29) is 40.5 Å². The van der Waals surface area contributed by atoms with Crippen molar-refractivity contribution < 1.29 is 27.6 Å². The van der Waals surface area contributed by atoms with Crippen molar-refractivity contribution in [1.29, 1.82) is 0 Å². The summed E-state index contributed by atoms with van der Waals surface area (Å²) >= 11 is 1.02. The molecular weight excluding hydrogens is 574 g/mol. The van der Waals surface area contributed by atoms with Crippen molar-refractivity contribution in [2.75, 3.05) is 13.6 Å². The van der Waals surface area contributed by atoms with Crippen LogP contribution in [0.2, 0.25) is 0 Å². The Morgan fingerprint density at radius 3 is 2.40 bits per heavy atom. The van der Waals surface area contributed by atoms with E-state index in [1.165, 1.54) is 36.4 Å². The van der Waals surface area contributed by atoms with Crippen molar-refractivity contribution in [1.82, 2.24) is 15.0 Å². The monoisotopic (exact) mass is 593 g/mol. The number of benzene rings is 3. The Morgan fingerprint density at radius 1 is 1.06 bits per heavy atom. The van der Waals surface area contributed by atoms with E-state index in [1.54, 1.807) is 30.1 Å². The summed E-state index contributed by atoms with van der Waals surface area (Å²) in [5, 5.41) is 12.8. The number of nitrogens with zero attached hydrogens (tertiary/aromatic N) is 3. The number of likely N-dealkylation sites (N-methyl/N-ethyl adjacent to an activating group) is 1. The fourth-order valence-electron chi connectivity index (χ4n) is 3.64. The van der Waals surface area contributed by atoms with Gasteiger partial charge >= 0.3 is 9.90 Å². The number of aliphatic carboxylic acids is 1. The largest absolute Gasteiger partial charge is 0.480 e. The van der Waals surface area contributed by atoms with Gasteiger partial charge < -0.3 is 9.63 Å². The van der Waals surface area contributed by atoms with Crippen molar-refractivity contribution in [3.8, 4) is 34.0 Å². The van der Waals surface area contributed by atoms with Gasteiger partial charge in [0.05, 0.1) is 6.54 Å². The maximum Gasteiger partial charge on any atom is 0.322 e. The molecule has 3 aromatic carbocycles. The average molecular weight is 593 g/mol. The van der Waals surface area contributed by atoms with Gasteiger partial charge in [-0.15, -0.1) is 0 Å². The number of carboxylic acids is 1. The van der Waals surface area contributed by atoms with Crippen LogP contribution in [0.4, 0.5) is 13.2 Å². The summed E-state index contributed by atoms with van der Waals surface area (Å²) in [5.74, 6) is -1.19. The zero-order valence-electron chi connectivity index (χ0n) is 18.4. The summed E-state index contributed by atoms with van der Waals surface area (Å²) in [5.41, 5.74) is 1.61. The van der Waals surface area contributed by atoms with Crippen LogP contribution < -0.4 is 0 Å². The summed E-state index contributed by atoms with van der Waals surface area (Å²) in [6.07, 6.45) is 0. The lowest BCUT2D eigenvalue weighted by Gasteiger charge is -2.16. The van der Waals surface area contributed by atoms with Gasteiger partial charge in [0.25, 0.3) is 5.89 Å². The Morgan fingerprint density at radius 2 is 1.74 bits per heavy atom. The van der Waals surface area contributed by atoms with Gasteiger partial charge in [0.15, 0.2) is 0 Å². The summed E-state index contributed by atoms with van der Waals surface area (Å²) in [6.45, 7) is 0.371. The number of halogens is 4. The molecule has 1 N–H and O–H groups in total. The third-order valence-corrected chi connectivity index (χ3v) is 5.81. The fraction of sp³-hybridized carbons (Fsp3) is 0.160. The molecular formula is C25H19F3IN3O3. The highest BCUT2D eigenvalue weighted by atomic mass is 127. The molecule has 0 saturated carbocycles. The molecule has 1 aromatic heterocycles. The van der Waals surface area contributed by atoms with Crippen LogP contribution in [0, 0.1) is 5.82 Å². The molecule has 0 saturated heterocycles. The lowest BCUT2D eigenvalue weighted by atomic mass is 9.97. The Hall–Kier alpha value is -3.25. The molecule has 0 spiro atoms. The van der Waals surface area contributed by atoms with Gasteiger partial charge in [-0.3, -0.25) is 9.69 Å². The molecule has 0 aliphatic carbocycles. The SMILES string of the molecule is CN(CC(=O)O)Cc1ccc(-c2noc(-c3ccc(-c4ccccc4F)c(C(F)(F)I)c3)n2)cc1. The van der Waals surface area contributed by atoms with Gasteiger partial charge in [-0.2, -0.15) is 13.8 Å². The molecule has 0 radical (unpaired) electrons. The highest BCUT2D eigenvalue weighted by Crippen LogP contribution is 2.43. The molecule has 10 heteroatoms. The molecule has 0 aliphatic rings. The second kappa shape index (κ2) is 10.2. The number of carboxylic acid groups (broad SMARTS) is 1. The average Bonchev–Trinajstić information content (AvgIpc) is 3.29. The van der Waals surface area contributed by atoms with E-state index in [0.717, 1.165) is 28.2 Å². The van der Waals surface area contributed by atoms with Crippen LogP contribution in [0.5, 0.6) is 0 Å². The zero-order valence-corrected chi connectivity index (χ0v) is 20.5. The maximum absolute atomic E-state index is 14.5. The summed E-state index contributed by atoms with van der Waals surface area (Å²) in [7, 11) is 1.71. The van der Waals surface area contributed by atoms with E-state index >= 15 is 0 Å². The van der Waals surface area contributed by atoms with Crippen LogP contribution in [0.15, 0.2) is 71.3 Å². The first-order valence-electron chi connectivity index (χ1n) is 10.4. The quantitative estimate of drug-likeness (QED) is 0.193. The molecule has 0 aliphatic heterocycles. The van der Waals surface area contributed by atoms with E-state index in [1.807, 2.05) is 12.1 Å². The topological polar surface area (TPSA) is 79.5 Å². The Balaban J connectivity index is 1.61. The molecule has 0 amide bonds. The van der Waals surface area contributed by atoms with Gasteiger partial charge in [0.2, 0.25) is 5.82 Å². The lowest BCUT2D eigenvalue weighted by Crippen LogP contribution is -2.25. The normalized spacial score (nSPS) is 11.7. The summed E-state index contributed by atoms with van der Waals surface area (Å²) in [6, 6.07) is 17.1. The number of hydrogen-bond donors (Lipinski definition) is 1. The van der Waals surface area contributed by atoms with E-state index in [0.29, 0.717) is 12.1 Å². The zero-order chi connectivity index (χ0) is 25.2. The molecule has 0 bridgehead atoms. The molecule has 0 unspecified atom stereocenters. The van der Waals surface area contributed by atoms with Crippen molar-refractivity contribution in [3.05, 3.63) is 83.7 Å². The van der Waals surface area contributed by atoms with Gasteiger partial charge in [0.1, 0.15) is 5.82 Å². The smallest absolute Gasteiger partial charge is 0.322 e. The maximum atomic E-state index is 14.5. The summed E-state index contributed by atoms with van der Waals surface area (Å²) < 4.78 is 45.3. The Bertz CT molecular complexity index is 1350. The van der Waals surface area contributed by atoms with Crippen LogP contribution >= 0.6 is 22.6 Å². The second-order valence-corrected chi connectivity index (χ2v) is 9.28. The highest BCUT2D eigenvalue weighted by Gasteiger charge is 2.32. The van der Waals surface area contributed by atoms with E-state index in [2.05, 4.69) is 10.1 Å². The highest BCUT2D eigenvalue weighted by molar-refractivity contribution is 14.1. The molecule has 1 heterocycles. The van der Waals surface area contributed by atoms with Gasteiger partial charge in [-0.05, 0) is 36.4 Å². The van der Waals surface area contributed by atoms with Crippen molar-refractivity contribution >= 4 is 28.6 Å². The third kappa shape index (κ3) is 5.88. The lowest BCUT2D eigenvalue weighted by molar-refractivity contribution is -0.138. The second-order valence-electron chi connectivity index (χ2n) is 7.92. The number of alkyl halides is 3. The number of carbonyl (C=O) groups is 1. The minimum atomic E-state index is -3.27. The van der Waals surface area contributed by atoms with Crippen LogP contribution in [-0.2, 0) is 15.3 Å². The van der Waals surface area contributed by atoms with Crippen LogP contribution in [0.1, 0.15) is 11.1 Å². The molecule has 4 rings (SSSR count). The van der Waals surface area contributed by atoms with Crippen LogP contribution in [0.3, 0.4) is 0 Å². The predicted octanol–water partition coefficient (Wildman–Crippen LogP) is 6.21. The predicted molar refractivity (Wildman–Crippen MR) is 132 cm³/mol. The molecule has 35 heavy (non-hydrogen) atoms. The Kier molecular flexibility index (Phi) is 7.22. The van der Waals surface area contributed by atoms with Crippen molar-refractivity contribution in [2.24, 2.45) is 0 Å². The third-order valence-electron chi connectivity index (χ3n) is 5.23. The minimum Gasteiger partial charge on any atom is -0.480 e. The first-order chi connectivity index (χ1) is 16.6. The molecule has 180 valence electrons. The van der Waals surface area contributed by atoms with E-state index < -0.39 is 15.7 Å². The first-order valence-corrected chi connectivity index (χ1v) is 11.5. The number of hydrogen-bond acceptors (Lipinski definition) is 5. The van der Waals surface area contributed by atoms with Crippen LogP contribution in [0.25, 0.3) is 34.0 Å². The molecule has 6 nitrogen and oxygen atoms in total. The molecule has 0 fully saturated rings. The van der Waals surface area contributed by atoms with E-state index in [4.69, 9.17) is 9.63 Å². The van der Waals surface area contributed by atoms with Gasteiger partial charge in [-0.1, -0.05) is 53.7 Å². The van der Waals surface area contributed by atoms with Crippen LogP contribution in [-0.4, -0.2) is 39.7 Å². The number of rotatable bonds is 8. The van der Waals surface area contributed by atoms with E-state index in [9.17, 15) is 18.0 Å². The van der Waals surface area contributed by atoms with Crippen molar-refractivity contribution in [2.45, 2.75) is 10.5 Å². The molecule has 4 aromatic rings. The standard InChI is InChI=1S/C25H19F3IN3O3/c1-32(14-22(33)34)13-15-6-8-16(9-7-15)23-30-24(35-31-23)17-10-11-18(20(12-17)25(27,28)29)19-4-2-3-5-21(19)26/h2-12H,13-14H2,1H3,(H,33,34). The molecule has 0 atom stereocenters.